The molecule has 0 aliphatic rings. The van der Waals surface area contributed by atoms with E-state index in [0.717, 1.165) is 20.8 Å². The van der Waals surface area contributed by atoms with Crippen LogP contribution in [0.4, 0.5) is 5.82 Å². The van der Waals surface area contributed by atoms with Crippen molar-refractivity contribution in [2.24, 2.45) is 7.05 Å². The Morgan fingerprint density at radius 3 is 2.87 bits per heavy atom. The van der Waals surface area contributed by atoms with Crippen LogP contribution >= 0.6 is 15.9 Å². The number of carbonyl (C=O) groups is 1. The van der Waals surface area contributed by atoms with E-state index in [1.54, 1.807) is 41.4 Å². The number of hydrogen-bond donors (Lipinski definition) is 1. The molecule has 30 heavy (non-hydrogen) atoms. The summed E-state index contributed by atoms with van der Waals surface area (Å²) in [5.74, 6) is 0.109. The van der Waals surface area contributed by atoms with Gasteiger partial charge in [0.2, 0.25) is 0 Å². The van der Waals surface area contributed by atoms with Gasteiger partial charge >= 0.3 is 0 Å². The molecule has 0 spiro atoms. The van der Waals surface area contributed by atoms with Gasteiger partial charge in [-0.2, -0.15) is 5.10 Å². The van der Waals surface area contributed by atoms with E-state index in [2.05, 4.69) is 37.6 Å². The lowest BCUT2D eigenvalue weighted by Gasteiger charge is -2.21. The number of nitrogens with two attached hydrogens (primary N) is 1. The van der Waals surface area contributed by atoms with Crippen molar-refractivity contribution < 1.29 is 9.63 Å². The first-order valence-electron chi connectivity index (χ1n) is 9.15. The number of amides is 1. The fraction of sp³-hybridized carbons (Fsp3) is 0.143. The number of anilines is 1. The van der Waals surface area contributed by atoms with Crippen molar-refractivity contribution in [3.05, 3.63) is 71.1 Å². The normalized spacial score (nSPS) is 11.1. The Bertz CT molecular complexity index is 1250. The van der Waals surface area contributed by atoms with Crippen molar-refractivity contribution in [3.8, 4) is 0 Å². The zero-order valence-electron chi connectivity index (χ0n) is 16.2. The molecule has 152 valence electrons. The van der Waals surface area contributed by atoms with Crippen LogP contribution in [-0.4, -0.2) is 37.3 Å². The molecule has 4 aromatic rings. The summed E-state index contributed by atoms with van der Waals surface area (Å²) < 4.78 is 2.58. The number of halogens is 1. The van der Waals surface area contributed by atoms with Crippen LogP contribution in [0.1, 0.15) is 16.1 Å². The highest BCUT2D eigenvalue weighted by atomic mass is 79.9. The van der Waals surface area contributed by atoms with Crippen molar-refractivity contribution in [1.82, 2.24) is 24.8 Å². The van der Waals surface area contributed by atoms with Crippen LogP contribution in [-0.2, 0) is 18.4 Å². The highest BCUT2D eigenvalue weighted by Gasteiger charge is 2.20. The SMILES string of the molecule is C=CCON(Cc1ccc(Br)cn1)C(=O)c1ccc2nc(N)c3cnn(C)c3c2c1. The molecule has 0 aliphatic carbocycles. The van der Waals surface area contributed by atoms with Gasteiger partial charge < -0.3 is 5.73 Å². The predicted octanol–water partition coefficient (Wildman–Crippen LogP) is 3.62. The number of rotatable bonds is 6. The Hall–Kier alpha value is -3.30. The molecule has 0 bridgehead atoms. The minimum atomic E-state index is -0.296. The third-order valence-corrected chi connectivity index (χ3v) is 5.09. The van der Waals surface area contributed by atoms with Crippen molar-refractivity contribution in [1.29, 1.82) is 0 Å². The zero-order chi connectivity index (χ0) is 21.3. The van der Waals surface area contributed by atoms with Gasteiger partial charge in [-0.05, 0) is 46.3 Å². The number of fused-ring (bicyclic) bond motifs is 3. The van der Waals surface area contributed by atoms with E-state index in [4.69, 9.17) is 10.6 Å². The minimum Gasteiger partial charge on any atom is -0.383 e. The van der Waals surface area contributed by atoms with Crippen molar-refractivity contribution in [3.63, 3.8) is 0 Å². The maximum absolute atomic E-state index is 13.3. The molecule has 0 unspecified atom stereocenters. The first kappa shape index (κ1) is 20.0. The summed E-state index contributed by atoms with van der Waals surface area (Å²) in [4.78, 5) is 27.6. The number of nitrogen functional groups attached to an aromatic ring is 1. The summed E-state index contributed by atoms with van der Waals surface area (Å²) in [5.41, 5.74) is 8.71. The first-order chi connectivity index (χ1) is 14.5. The van der Waals surface area contributed by atoms with Gasteiger partial charge in [-0.25, -0.2) is 10.0 Å². The summed E-state index contributed by atoms with van der Waals surface area (Å²) in [6.07, 6.45) is 4.93. The van der Waals surface area contributed by atoms with Gasteiger partial charge in [0.15, 0.2) is 0 Å². The maximum atomic E-state index is 13.3. The molecule has 1 aromatic carbocycles. The number of pyridine rings is 2. The summed E-state index contributed by atoms with van der Waals surface area (Å²) in [5, 5.41) is 7.09. The summed E-state index contributed by atoms with van der Waals surface area (Å²) in [7, 11) is 1.83. The van der Waals surface area contributed by atoms with Crippen molar-refractivity contribution in [2.75, 3.05) is 12.3 Å². The molecular formula is C21H19BrN6O2. The molecule has 9 heteroatoms. The van der Waals surface area contributed by atoms with Gasteiger partial charge in [-0.1, -0.05) is 6.08 Å². The average molecular weight is 467 g/mol. The molecule has 2 N–H and O–H groups in total. The fourth-order valence-electron chi connectivity index (χ4n) is 3.20. The van der Waals surface area contributed by atoms with Gasteiger partial charge in [-0.15, -0.1) is 6.58 Å². The van der Waals surface area contributed by atoms with E-state index in [-0.39, 0.29) is 19.1 Å². The second-order valence-corrected chi connectivity index (χ2v) is 7.57. The zero-order valence-corrected chi connectivity index (χ0v) is 17.8. The fourth-order valence-corrected chi connectivity index (χ4v) is 3.44. The Morgan fingerprint density at radius 2 is 2.13 bits per heavy atom. The van der Waals surface area contributed by atoms with E-state index in [9.17, 15) is 4.79 Å². The summed E-state index contributed by atoms with van der Waals surface area (Å²) in [6.45, 7) is 4.04. The number of hydroxylamine groups is 2. The molecule has 0 saturated carbocycles. The molecule has 1 amide bonds. The maximum Gasteiger partial charge on any atom is 0.277 e. The molecule has 0 atom stereocenters. The van der Waals surface area contributed by atoms with Gasteiger partial charge in [0.25, 0.3) is 5.91 Å². The Morgan fingerprint density at radius 1 is 1.30 bits per heavy atom. The van der Waals surface area contributed by atoms with E-state index in [1.807, 2.05) is 19.2 Å². The molecule has 0 fully saturated rings. The molecule has 0 radical (unpaired) electrons. The van der Waals surface area contributed by atoms with Gasteiger partial charge in [0.1, 0.15) is 5.82 Å². The van der Waals surface area contributed by atoms with Crippen LogP contribution in [0.3, 0.4) is 0 Å². The lowest BCUT2D eigenvalue weighted by molar-refractivity contribution is -0.119. The van der Waals surface area contributed by atoms with Gasteiger partial charge in [0, 0.05) is 28.7 Å². The minimum absolute atomic E-state index is 0.194. The van der Waals surface area contributed by atoms with Crippen LogP contribution in [0.25, 0.3) is 21.8 Å². The van der Waals surface area contributed by atoms with Crippen LogP contribution < -0.4 is 5.73 Å². The molecule has 0 aliphatic heterocycles. The number of benzene rings is 1. The molecule has 3 aromatic heterocycles. The van der Waals surface area contributed by atoms with E-state index < -0.39 is 0 Å². The van der Waals surface area contributed by atoms with Crippen LogP contribution in [0, 0.1) is 0 Å². The third kappa shape index (κ3) is 3.77. The molecule has 3 heterocycles. The Balaban J connectivity index is 1.74. The van der Waals surface area contributed by atoms with E-state index in [1.165, 1.54) is 5.06 Å². The molecule has 4 rings (SSSR count). The summed E-state index contributed by atoms with van der Waals surface area (Å²) >= 11 is 3.36. The summed E-state index contributed by atoms with van der Waals surface area (Å²) in [6, 6.07) is 8.96. The van der Waals surface area contributed by atoms with Crippen LogP contribution in [0.2, 0.25) is 0 Å². The van der Waals surface area contributed by atoms with Gasteiger partial charge in [0.05, 0.1) is 41.5 Å². The number of aromatic nitrogens is 4. The molecule has 0 saturated heterocycles. The van der Waals surface area contributed by atoms with Crippen molar-refractivity contribution in [2.45, 2.75) is 6.54 Å². The first-order valence-corrected chi connectivity index (χ1v) is 9.94. The standard InChI is InChI=1S/C21H19BrN6O2/c1-3-8-30-28(12-15-6-5-14(22)10-24-15)21(29)13-4-7-18-16(9-13)19-17(20(23)26-18)11-25-27(19)2/h3-7,9-11H,1,8,12H2,2H3,(H2,23,26). The quantitative estimate of drug-likeness (QED) is 0.344. The van der Waals surface area contributed by atoms with Crippen molar-refractivity contribution >= 4 is 49.5 Å². The van der Waals surface area contributed by atoms with E-state index in [0.29, 0.717) is 22.6 Å². The highest BCUT2D eigenvalue weighted by molar-refractivity contribution is 9.10. The van der Waals surface area contributed by atoms with E-state index >= 15 is 0 Å². The number of hydrogen-bond acceptors (Lipinski definition) is 6. The topological polar surface area (TPSA) is 99.2 Å². The van der Waals surface area contributed by atoms with Crippen LogP contribution in [0.15, 0.2) is 59.9 Å². The highest BCUT2D eigenvalue weighted by Crippen LogP contribution is 2.28. The number of nitrogens with zero attached hydrogens (tertiary/aromatic N) is 5. The Labute approximate surface area is 181 Å². The number of carbonyl (C=O) groups excluding carboxylic acids is 1. The Kier molecular flexibility index (Phi) is 5.47. The second-order valence-electron chi connectivity index (χ2n) is 6.65. The largest absolute Gasteiger partial charge is 0.383 e. The molecule has 8 nitrogen and oxygen atoms in total. The third-order valence-electron chi connectivity index (χ3n) is 4.62. The smallest absolute Gasteiger partial charge is 0.277 e. The molecular weight excluding hydrogens is 448 g/mol. The van der Waals surface area contributed by atoms with Gasteiger partial charge in [-0.3, -0.25) is 19.3 Å². The predicted molar refractivity (Wildman–Crippen MR) is 118 cm³/mol. The lowest BCUT2D eigenvalue weighted by Crippen LogP contribution is -2.31. The average Bonchev–Trinajstić information content (AvgIpc) is 3.14. The van der Waals surface area contributed by atoms with Crippen LogP contribution in [0.5, 0.6) is 0 Å². The second kappa shape index (κ2) is 8.21. The monoisotopic (exact) mass is 466 g/mol. The lowest BCUT2D eigenvalue weighted by atomic mass is 10.1. The number of aryl methyl sites for hydroxylation is 1.